The van der Waals surface area contributed by atoms with Gasteiger partial charge in [-0.25, -0.2) is 4.79 Å². The zero-order valence-electron chi connectivity index (χ0n) is 15.8. The lowest BCUT2D eigenvalue weighted by molar-refractivity contribution is -0.384. The molecule has 1 aliphatic carbocycles. The Morgan fingerprint density at radius 3 is 2.62 bits per heavy atom. The highest BCUT2D eigenvalue weighted by molar-refractivity contribution is 6.09. The van der Waals surface area contributed by atoms with Crippen LogP contribution in [0.4, 0.5) is 5.69 Å². The average molecular weight is 397 g/mol. The Kier molecular flexibility index (Phi) is 4.65. The fourth-order valence-corrected chi connectivity index (χ4v) is 4.32. The summed E-state index contributed by atoms with van der Waals surface area (Å²) >= 11 is 0. The van der Waals surface area contributed by atoms with Gasteiger partial charge in [-0.05, 0) is 18.4 Å². The van der Waals surface area contributed by atoms with Crippen LogP contribution in [0.25, 0.3) is 0 Å². The van der Waals surface area contributed by atoms with E-state index in [1.165, 1.54) is 31.4 Å². The van der Waals surface area contributed by atoms with Gasteiger partial charge in [0.25, 0.3) is 11.6 Å². The number of hydrogen-bond donors (Lipinski definition) is 1. The lowest BCUT2D eigenvalue weighted by Gasteiger charge is -2.43. The van der Waals surface area contributed by atoms with Crippen molar-refractivity contribution in [2.45, 2.75) is 25.2 Å². The summed E-state index contributed by atoms with van der Waals surface area (Å²) < 4.78 is 4.97. The number of Topliss-reactive ketones (excluding diaryl/α,β-unsaturated/α-hetero) is 1. The predicted octanol–water partition coefficient (Wildman–Crippen LogP) is 1.56. The van der Waals surface area contributed by atoms with E-state index in [0.29, 0.717) is 43.5 Å². The topological polar surface area (TPSA) is 119 Å². The lowest BCUT2D eigenvalue weighted by Crippen LogP contribution is -2.50. The molecule has 0 spiro atoms. The quantitative estimate of drug-likeness (QED) is 0.467. The van der Waals surface area contributed by atoms with Crippen molar-refractivity contribution < 1.29 is 24.0 Å². The number of amides is 1. The van der Waals surface area contributed by atoms with Crippen molar-refractivity contribution >= 4 is 23.3 Å². The van der Waals surface area contributed by atoms with Crippen LogP contribution in [0.2, 0.25) is 0 Å². The van der Waals surface area contributed by atoms with E-state index in [0.717, 1.165) is 5.70 Å². The van der Waals surface area contributed by atoms with Crippen LogP contribution in [-0.2, 0) is 19.1 Å². The first kappa shape index (κ1) is 18.9. The number of benzene rings is 1. The number of methoxy groups -OCH3 is 1. The Labute approximate surface area is 166 Å². The van der Waals surface area contributed by atoms with Gasteiger partial charge in [0.1, 0.15) is 5.70 Å². The molecule has 1 saturated heterocycles. The highest BCUT2D eigenvalue weighted by atomic mass is 16.6. The van der Waals surface area contributed by atoms with E-state index in [9.17, 15) is 24.5 Å². The number of ketones is 1. The zero-order chi connectivity index (χ0) is 20.7. The van der Waals surface area contributed by atoms with Crippen LogP contribution in [0.15, 0.2) is 46.8 Å². The summed E-state index contributed by atoms with van der Waals surface area (Å²) in [5, 5.41) is 13.8. The summed E-state index contributed by atoms with van der Waals surface area (Å²) in [6.45, 7) is 0.866. The molecule has 1 aromatic rings. The third-order valence-corrected chi connectivity index (χ3v) is 5.54. The maximum atomic E-state index is 12.9. The van der Waals surface area contributed by atoms with Gasteiger partial charge in [-0.1, -0.05) is 12.1 Å². The smallest absolute Gasteiger partial charge is 0.337 e. The number of nitrogens with one attached hydrogen (secondary N) is 1. The van der Waals surface area contributed by atoms with Gasteiger partial charge in [0.05, 0.1) is 17.6 Å². The Hall–Kier alpha value is -3.49. The highest BCUT2D eigenvalue weighted by Gasteiger charge is 2.45. The summed E-state index contributed by atoms with van der Waals surface area (Å²) in [6, 6.07) is 5.70. The molecule has 29 heavy (non-hydrogen) atoms. The number of ether oxygens (including phenoxy) is 1. The number of rotatable bonds is 3. The number of hydrogen-bond acceptors (Lipinski definition) is 7. The van der Waals surface area contributed by atoms with E-state index in [1.807, 2.05) is 0 Å². The van der Waals surface area contributed by atoms with Crippen molar-refractivity contribution in [1.82, 2.24) is 10.2 Å². The van der Waals surface area contributed by atoms with Crippen LogP contribution >= 0.6 is 0 Å². The summed E-state index contributed by atoms with van der Waals surface area (Å²) in [5.41, 5.74) is 1.95. The third kappa shape index (κ3) is 2.98. The molecule has 2 heterocycles. The SMILES string of the molecule is COC(=O)C1=C2C(=O)NCCN2C2=C(C(=O)CCC2)[C@@H]1c1ccc([N+](=O)[O-])cc1. The van der Waals surface area contributed by atoms with Crippen molar-refractivity contribution in [3.05, 3.63) is 62.5 Å². The molecule has 1 N–H and O–H groups in total. The fourth-order valence-electron chi connectivity index (χ4n) is 4.32. The van der Waals surface area contributed by atoms with Crippen LogP contribution in [0.1, 0.15) is 30.7 Å². The maximum Gasteiger partial charge on any atom is 0.337 e. The number of carbonyl (C=O) groups is 3. The Morgan fingerprint density at radius 1 is 1.24 bits per heavy atom. The molecule has 0 unspecified atom stereocenters. The molecular weight excluding hydrogens is 378 g/mol. The van der Waals surface area contributed by atoms with E-state index < -0.39 is 22.7 Å². The van der Waals surface area contributed by atoms with Gasteiger partial charge < -0.3 is 15.0 Å². The Morgan fingerprint density at radius 2 is 1.97 bits per heavy atom. The van der Waals surface area contributed by atoms with Gasteiger partial charge in [0.15, 0.2) is 5.78 Å². The number of allylic oxidation sites excluding steroid dienone is 2. The van der Waals surface area contributed by atoms with Crippen LogP contribution < -0.4 is 5.32 Å². The summed E-state index contributed by atoms with van der Waals surface area (Å²) in [7, 11) is 1.22. The Bertz CT molecular complexity index is 992. The largest absolute Gasteiger partial charge is 0.466 e. The van der Waals surface area contributed by atoms with Crippen LogP contribution in [0, 0.1) is 10.1 Å². The second kappa shape index (κ2) is 7.16. The van der Waals surface area contributed by atoms with Crippen molar-refractivity contribution in [3.8, 4) is 0 Å². The first-order valence-corrected chi connectivity index (χ1v) is 9.32. The van der Waals surface area contributed by atoms with Crippen molar-refractivity contribution in [2.75, 3.05) is 20.2 Å². The first-order valence-electron chi connectivity index (χ1n) is 9.32. The van der Waals surface area contributed by atoms with E-state index in [-0.39, 0.29) is 22.7 Å². The van der Waals surface area contributed by atoms with Gasteiger partial charge in [0, 0.05) is 48.8 Å². The first-order chi connectivity index (χ1) is 13.9. The zero-order valence-corrected chi connectivity index (χ0v) is 15.8. The number of nitro groups is 1. The normalized spacial score (nSPS) is 21.4. The molecule has 1 atom stereocenters. The molecule has 1 aromatic carbocycles. The van der Waals surface area contributed by atoms with Crippen molar-refractivity contribution in [1.29, 1.82) is 0 Å². The molecule has 2 aliphatic heterocycles. The van der Waals surface area contributed by atoms with E-state index in [2.05, 4.69) is 5.32 Å². The van der Waals surface area contributed by atoms with Gasteiger partial charge >= 0.3 is 5.97 Å². The number of piperazine rings is 1. The molecule has 0 bridgehead atoms. The molecule has 1 fully saturated rings. The molecule has 4 rings (SSSR count). The lowest BCUT2D eigenvalue weighted by atomic mass is 9.74. The van der Waals surface area contributed by atoms with E-state index in [1.54, 1.807) is 4.90 Å². The third-order valence-electron chi connectivity index (χ3n) is 5.54. The number of nitro benzene ring substituents is 1. The van der Waals surface area contributed by atoms with Crippen LogP contribution in [-0.4, -0.2) is 47.7 Å². The fraction of sp³-hybridized carbons (Fsp3) is 0.350. The predicted molar refractivity (Wildman–Crippen MR) is 100 cm³/mol. The van der Waals surface area contributed by atoms with Gasteiger partial charge in [-0.2, -0.15) is 0 Å². The number of esters is 1. The molecule has 9 heteroatoms. The van der Waals surface area contributed by atoms with Crippen LogP contribution in [0.3, 0.4) is 0 Å². The van der Waals surface area contributed by atoms with Gasteiger partial charge in [-0.15, -0.1) is 0 Å². The maximum absolute atomic E-state index is 12.9. The molecule has 0 radical (unpaired) electrons. The van der Waals surface area contributed by atoms with Gasteiger partial charge in [-0.3, -0.25) is 19.7 Å². The second-order valence-electron chi connectivity index (χ2n) is 7.08. The molecular formula is C20H19N3O6. The minimum absolute atomic E-state index is 0.0824. The molecule has 1 amide bonds. The summed E-state index contributed by atoms with van der Waals surface area (Å²) in [5.74, 6) is -1.98. The molecule has 150 valence electrons. The van der Waals surface area contributed by atoms with Crippen LogP contribution in [0.5, 0.6) is 0 Å². The minimum atomic E-state index is -0.804. The number of nitrogens with zero attached hydrogens (tertiary/aromatic N) is 2. The number of carbonyl (C=O) groups excluding carboxylic acids is 3. The second-order valence-corrected chi connectivity index (χ2v) is 7.08. The molecule has 3 aliphatic rings. The molecule has 9 nitrogen and oxygen atoms in total. The standard InChI is InChI=1S/C20H19N3O6/c1-29-20(26)17-15(11-5-7-12(8-6-11)23(27)28)16-13(3-2-4-14(16)24)22-10-9-21-19(25)18(17)22/h5-8,15H,2-4,9-10H2,1H3,(H,21,25)/t15-/m0/s1. The highest BCUT2D eigenvalue weighted by Crippen LogP contribution is 2.46. The van der Waals surface area contributed by atoms with Crippen molar-refractivity contribution in [3.63, 3.8) is 0 Å². The average Bonchev–Trinajstić information content (AvgIpc) is 2.73. The monoisotopic (exact) mass is 397 g/mol. The number of fused-ring (bicyclic) bond motifs is 2. The number of non-ortho nitro benzene ring substituents is 1. The minimum Gasteiger partial charge on any atom is -0.466 e. The van der Waals surface area contributed by atoms with E-state index in [4.69, 9.17) is 4.74 Å². The Balaban J connectivity index is 1.97. The van der Waals surface area contributed by atoms with Crippen molar-refractivity contribution in [2.24, 2.45) is 0 Å². The summed E-state index contributed by atoms with van der Waals surface area (Å²) in [4.78, 5) is 50.7. The van der Waals surface area contributed by atoms with E-state index >= 15 is 0 Å². The van der Waals surface area contributed by atoms with Gasteiger partial charge in [0.2, 0.25) is 0 Å². The summed E-state index contributed by atoms with van der Waals surface area (Å²) in [6.07, 6.45) is 1.64. The molecule has 0 saturated carbocycles. The molecule has 0 aromatic heterocycles.